The SMILES string of the molecule is C=CC(C)NC(=O)C1(CN)CCC(C)CC1. The standard InChI is InChI=1S/C13H24N2O/c1-4-11(3)15-12(16)13(9-14)7-5-10(2)6-8-13/h4,10-11H,1,5-9,14H2,2-3H3,(H,15,16). The van der Waals surface area contributed by atoms with Crippen molar-refractivity contribution in [2.24, 2.45) is 17.1 Å². The second kappa shape index (κ2) is 5.48. The van der Waals surface area contributed by atoms with Crippen molar-refractivity contribution in [3.8, 4) is 0 Å². The fourth-order valence-corrected chi connectivity index (χ4v) is 2.26. The van der Waals surface area contributed by atoms with Gasteiger partial charge in [0.2, 0.25) is 5.91 Å². The van der Waals surface area contributed by atoms with Crippen molar-refractivity contribution in [1.29, 1.82) is 0 Å². The highest BCUT2D eigenvalue weighted by atomic mass is 16.2. The van der Waals surface area contributed by atoms with E-state index in [0.29, 0.717) is 6.54 Å². The first-order chi connectivity index (χ1) is 7.54. The molecule has 0 saturated heterocycles. The molecule has 0 aliphatic heterocycles. The van der Waals surface area contributed by atoms with Crippen LogP contribution in [0.1, 0.15) is 39.5 Å². The van der Waals surface area contributed by atoms with Crippen LogP contribution in [0.5, 0.6) is 0 Å². The van der Waals surface area contributed by atoms with E-state index in [1.807, 2.05) is 6.92 Å². The Morgan fingerprint density at radius 3 is 2.62 bits per heavy atom. The monoisotopic (exact) mass is 224 g/mol. The van der Waals surface area contributed by atoms with Crippen molar-refractivity contribution in [1.82, 2.24) is 5.32 Å². The quantitative estimate of drug-likeness (QED) is 0.716. The van der Waals surface area contributed by atoms with E-state index in [9.17, 15) is 4.79 Å². The van der Waals surface area contributed by atoms with Gasteiger partial charge in [0, 0.05) is 12.6 Å². The van der Waals surface area contributed by atoms with Gasteiger partial charge in [0.15, 0.2) is 0 Å². The molecule has 92 valence electrons. The molecule has 0 bridgehead atoms. The molecule has 0 aromatic carbocycles. The minimum absolute atomic E-state index is 0.0234. The van der Waals surface area contributed by atoms with Crippen LogP contribution in [0.15, 0.2) is 12.7 Å². The first-order valence-corrected chi connectivity index (χ1v) is 6.17. The lowest BCUT2D eigenvalue weighted by atomic mass is 9.70. The molecule has 1 aliphatic carbocycles. The van der Waals surface area contributed by atoms with Crippen LogP contribution in [0.3, 0.4) is 0 Å². The molecule has 0 aromatic rings. The van der Waals surface area contributed by atoms with Gasteiger partial charge in [-0.25, -0.2) is 0 Å². The summed E-state index contributed by atoms with van der Waals surface area (Å²) in [5, 5.41) is 2.97. The number of carbonyl (C=O) groups is 1. The Morgan fingerprint density at radius 2 is 2.19 bits per heavy atom. The summed E-state index contributed by atoms with van der Waals surface area (Å²) in [5.41, 5.74) is 5.49. The highest BCUT2D eigenvalue weighted by molar-refractivity contribution is 5.83. The first kappa shape index (κ1) is 13.2. The maximum Gasteiger partial charge on any atom is 0.227 e. The first-order valence-electron chi connectivity index (χ1n) is 6.17. The van der Waals surface area contributed by atoms with Gasteiger partial charge < -0.3 is 11.1 Å². The van der Waals surface area contributed by atoms with Crippen molar-refractivity contribution in [2.75, 3.05) is 6.54 Å². The summed E-state index contributed by atoms with van der Waals surface area (Å²) in [7, 11) is 0. The highest BCUT2D eigenvalue weighted by Gasteiger charge is 2.39. The van der Waals surface area contributed by atoms with E-state index in [0.717, 1.165) is 31.6 Å². The van der Waals surface area contributed by atoms with Crippen molar-refractivity contribution in [3.05, 3.63) is 12.7 Å². The normalized spacial score (nSPS) is 31.8. The van der Waals surface area contributed by atoms with Gasteiger partial charge in [0.1, 0.15) is 0 Å². The van der Waals surface area contributed by atoms with Gasteiger partial charge in [0.05, 0.1) is 5.41 Å². The smallest absolute Gasteiger partial charge is 0.227 e. The van der Waals surface area contributed by atoms with E-state index < -0.39 is 0 Å². The largest absolute Gasteiger partial charge is 0.350 e. The number of hydrogen-bond donors (Lipinski definition) is 2. The van der Waals surface area contributed by atoms with Gasteiger partial charge in [-0.3, -0.25) is 4.79 Å². The van der Waals surface area contributed by atoms with Gasteiger partial charge >= 0.3 is 0 Å². The summed E-state index contributed by atoms with van der Waals surface area (Å²) < 4.78 is 0. The van der Waals surface area contributed by atoms with Gasteiger partial charge in [-0.2, -0.15) is 0 Å². The second-order valence-electron chi connectivity index (χ2n) is 5.16. The van der Waals surface area contributed by atoms with Gasteiger partial charge in [-0.05, 0) is 38.5 Å². The zero-order valence-corrected chi connectivity index (χ0v) is 10.5. The third kappa shape index (κ3) is 2.85. The zero-order valence-electron chi connectivity index (χ0n) is 10.5. The molecule has 0 aromatic heterocycles. The van der Waals surface area contributed by atoms with Crippen molar-refractivity contribution in [2.45, 2.75) is 45.6 Å². The third-order valence-electron chi connectivity index (χ3n) is 3.82. The number of carbonyl (C=O) groups excluding carboxylic acids is 1. The summed E-state index contributed by atoms with van der Waals surface area (Å²) in [6.07, 6.45) is 5.79. The van der Waals surface area contributed by atoms with Crippen LogP contribution in [-0.2, 0) is 4.79 Å². The molecule has 1 unspecified atom stereocenters. The average Bonchev–Trinajstić information content (AvgIpc) is 2.30. The van der Waals surface area contributed by atoms with Crippen LogP contribution in [0, 0.1) is 11.3 Å². The Labute approximate surface area is 98.5 Å². The molecule has 1 saturated carbocycles. The predicted molar refractivity (Wildman–Crippen MR) is 66.9 cm³/mol. The highest BCUT2D eigenvalue weighted by Crippen LogP contribution is 2.38. The van der Waals surface area contributed by atoms with E-state index in [1.54, 1.807) is 6.08 Å². The van der Waals surface area contributed by atoms with Crippen LogP contribution in [0.4, 0.5) is 0 Å². The maximum atomic E-state index is 12.2. The van der Waals surface area contributed by atoms with Crippen molar-refractivity contribution < 1.29 is 4.79 Å². The average molecular weight is 224 g/mol. The maximum absolute atomic E-state index is 12.2. The van der Waals surface area contributed by atoms with E-state index in [-0.39, 0.29) is 17.4 Å². The minimum atomic E-state index is -0.330. The molecule has 0 heterocycles. The molecule has 1 fully saturated rings. The second-order valence-corrected chi connectivity index (χ2v) is 5.16. The molecule has 1 amide bonds. The number of amides is 1. The van der Waals surface area contributed by atoms with Gasteiger partial charge in [-0.1, -0.05) is 13.0 Å². The molecular weight excluding hydrogens is 200 g/mol. The fourth-order valence-electron chi connectivity index (χ4n) is 2.26. The summed E-state index contributed by atoms with van der Waals surface area (Å²) in [5.74, 6) is 0.832. The van der Waals surface area contributed by atoms with E-state index in [4.69, 9.17) is 5.73 Å². The predicted octanol–water partition coefficient (Wildman–Crippen LogP) is 1.83. The number of nitrogens with one attached hydrogen (secondary N) is 1. The Morgan fingerprint density at radius 1 is 1.62 bits per heavy atom. The Balaban J connectivity index is 2.65. The summed E-state index contributed by atoms with van der Waals surface area (Å²) in [4.78, 5) is 12.2. The topological polar surface area (TPSA) is 55.1 Å². The number of hydrogen-bond acceptors (Lipinski definition) is 2. The summed E-state index contributed by atoms with van der Waals surface area (Å²) >= 11 is 0. The van der Waals surface area contributed by atoms with Gasteiger partial charge in [0.25, 0.3) is 0 Å². The van der Waals surface area contributed by atoms with Gasteiger partial charge in [-0.15, -0.1) is 6.58 Å². The molecule has 3 N–H and O–H groups in total. The van der Waals surface area contributed by atoms with E-state index >= 15 is 0 Å². The van der Waals surface area contributed by atoms with Crippen LogP contribution < -0.4 is 11.1 Å². The zero-order chi connectivity index (χ0) is 12.2. The summed E-state index contributed by atoms with van der Waals surface area (Å²) in [6, 6.07) is 0.0234. The lowest BCUT2D eigenvalue weighted by Gasteiger charge is -2.37. The van der Waals surface area contributed by atoms with Crippen LogP contribution in [0.25, 0.3) is 0 Å². The van der Waals surface area contributed by atoms with Crippen molar-refractivity contribution in [3.63, 3.8) is 0 Å². The Hall–Kier alpha value is -0.830. The van der Waals surface area contributed by atoms with E-state index in [1.165, 1.54) is 0 Å². The molecule has 3 heteroatoms. The summed E-state index contributed by atoms with van der Waals surface area (Å²) in [6.45, 7) is 8.30. The van der Waals surface area contributed by atoms with Crippen molar-refractivity contribution >= 4 is 5.91 Å². The third-order valence-corrected chi connectivity index (χ3v) is 3.82. The Kier molecular flexibility index (Phi) is 4.54. The molecule has 16 heavy (non-hydrogen) atoms. The molecule has 0 spiro atoms. The van der Waals surface area contributed by atoms with Crippen LogP contribution in [-0.4, -0.2) is 18.5 Å². The number of rotatable bonds is 4. The minimum Gasteiger partial charge on any atom is -0.350 e. The molecular formula is C13H24N2O. The Bertz CT molecular complexity index is 255. The molecule has 1 rings (SSSR count). The van der Waals surface area contributed by atoms with E-state index in [2.05, 4.69) is 18.8 Å². The van der Waals surface area contributed by atoms with Crippen LogP contribution in [0.2, 0.25) is 0 Å². The lowest BCUT2D eigenvalue weighted by Crippen LogP contribution is -2.49. The number of nitrogens with two attached hydrogens (primary N) is 1. The molecule has 3 nitrogen and oxygen atoms in total. The lowest BCUT2D eigenvalue weighted by molar-refractivity contribution is -0.133. The molecule has 0 radical (unpaired) electrons. The molecule has 1 atom stereocenters. The van der Waals surface area contributed by atoms with Crippen LogP contribution >= 0.6 is 0 Å². The fraction of sp³-hybridized carbons (Fsp3) is 0.769. The molecule has 1 aliphatic rings.